The van der Waals surface area contributed by atoms with Gasteiger partial charge in [-0.15, -0.1) is 18.3 Å². The molecule has 7 nitrogen and oxygen atoms in total. The molecule has 3 aliphatic rings. The number of likely N-dealkylation sites (tertiary alicyclic amines) is 1. The molecule has 3 rings (SSSR count). The van der Waals surface area contributed by atoms with Crippen LogP contribution >= 0.6 is 11.8 Å². The van der Waals surface area contributed by atoms with Gasteiger partial charge in [-0.25, -0.2) is 0 Å². The third-order valence-electron chi connectivity index (χ3n) is 7.44. The Bertz CT molecular complexity index is 746. The first-order valence-electron chi connectivity index (χ1n) is 12.0. The lowest BCUT2D eigenvalue weighted by Gasteiger charge is -2.41. The van der Waals surface area contributed by atoms with Gasteiger partial charge in [0.25, 0.3) is 0 Å². The van der Waals surface area contributed by atoms with E-state index in [0.29, 0.717) is 19.5 Å². The van der Waals surface area contributed by atoms with Gasteiger partial charge in [0.05, 0.1) is 23.2 Å². The summed E-state index contributed by atoms with van der Waals surface area (Å²) in [5, 5.41) is 9.45. The van der Waals surface area contributed by atoms with Gasteiger partial charge in [-0.05, 0) is 39.0 Å². The van der Waals surface area contributed by atoms with Crippen LogP contribution < -0.4 is 0 Å². The highest BCUT2D eigenvalue weighted by molar-refractivity contribution is 8.02. The molecule has 3 aliphatic heterocycles. The number of aliphatic hydroxyl groups excluding tert-OH is 1. The molecule has 1 spiro atoms. The van der Waals surface area contributed by atoms with Crippen LogP contribution in [0.5, 0.6) is 0 Å². The number of esters is 1. The normalized spacial score (nSPS) is 33.8. The Morgan fingerprint density at radius 2 is 2.16 bits per heavy atom. The van der Waals surface area contributed by atoms with Crippen molar-refractivity contribution in [1.29, 1.82) is 0 Å². The monoisotopic (exact) mass is 466 g/mol. The summed E-state index contributed by atoms with van der Waals surface area (Å²) in [6.45, 7) is 12.8. The zero-order chi connectivity index (χ0) is 23.6. The molecule has 0 aromatic rings. The lowest BCUT2D eigenvalue weighted by Crippen LogP contribution is -2.58. The number of amides is 2. The van der Waals surface area contributed by atoms with E-state index < -0.39 is 22.6 Å². The molecule has 3 fully saturated rings. The molecule has 32 heavy (non-hydrogen) atoms. The maximum Gasteiger partial charge on any atom is 0.310 e. The number of thioether (sulfide) groups is 1. The van der Waals surface area contributed by atoms with Gasteiger partial charge in [0.1, 0.15) is 6.04 Å². The van der Waals surface area contributed by atoms with Crippen molar-refractivity contribution in [2.45, 2.75) is 75.5 Å². The molecule has 0 aliphatic carbocycles. The summed E-state index contributed by atoms with van der Waals surface area (Å²) in [6, 6.07) is -0.620. The van der Waals surface area contributed by atoms with E-state index in [4.69, 9.17) is 4.74 Å². The summed E-state index contributed by atoms with van der Waals surface area (Å²) in [5.41, 5.74) is 0. The molecule has 0 saturated carbocycles. The number of carbonyl (C=O) groups is 3. The second kappa shape index (κ2) is 10.2. The molecule has 4 unspecified atom stereocenters. The number of hydrogen-bond acceptors (Lipinski definition) is 6. The number of hydrogen-bond donors (Lipinski definition) is 1. The van der Waals surface area contributed by atoms with Crippen LogP contribution in [-0.2, 0) is 19.1 Å². The van der Waals surface area contributed by atoms with Crippen LogP contribution in [-0.4, -0.2) is 81.1 Å². The van der Waals surface area contributed by atoms with Crippen LogP contribution in [0.1, 0.15) is 53.4 Å². The van der Waals surface area contributed by atoms with Gasteiger partial charge in [-0.3, -0.25) is 14.4 Å². The molecular formula is C24H38N2O5S. The van der Waals surface area contributed by atoms with Crippen LogP contribution in [0.25, 0.3) is 0 Å². The van der Waals surface area contributed by atoms with Gasteiger partial charge in [0, 0.05) is 31.0 Å². The number of rotatable bonds is 11. The van der Waals surface area contributed by atoms with Crippen molar-refractivity contribution < 1.29 is 24.2 Å². The second-order valence-corrected chi connectivity index (χ2v) is 10.9. The van der Waals surface area contributed by atoms with E-state index in [-0.39, 0.29) is 48.2 Å². The lowest BCUT2D eigenvalue weighted by molar-refractivity contribution is -0.154. The first kappa shape index (κ1) is 25.1. The van der Waals surface area contributed by atoms with Crippen LogP contribution in [0, 0.1) is 17.8 Å². The fourth-order valence-corrected chi connectivity index (χ4v) is 8.55. The van der Waals surface area contributed by atoms with Crippen molar-refractivity contribution in [2.24, 2.45) is 17.8 Å². The molecule has 1 N–H and O–H groups in total. The first-order chi connectivity index (χ1) is 15.3. The van der Waals surface area contributed by atoms with Gasteiger partial charge < -0.3 is 19.6 Å². The Morgan fingerprint density at radius 3 is 2.75 bits per heavy atom. The maximum atomic E-state index is 14.1. The highest BCUT2D eigenvalue weighted by Crippen LogP contribution is 2.68. The minimum atomic E-state index is -0.643. The standard InChI is InChI=1S/C24H38N2O5S/c1-6-10-16(5)25(11-7-2)22(29)20-24-15(4)14-17(32-24)18(23(30)31-8-3)19(24)21(28)26(20)12-9-13-27/h7,15-20,27H,2,6,8-14H2,1,3-5H3/t15?,16?,17-,18+,19+,20?,24?/m1/s1. The fraction of sp³-hybridized carbons (Fsp3) is 0.792. The highest BCUT2D eigenvalue weighted by Gasteiger charge is 2.76. The smallest absolute Gasteiger partial charge is 0.310 e. The van der Waals surface area contributed by atoms with Crippen molar-refractivity contribution in [3.63, 3.8) is 0 Å². The minimum absolute atomic E-state index is 0.00536. The van der Waals surface area contributed by atoms with Gasteiger partial charge >= 0.3 is 5.97 Å². The number of aliphatic hydroxyl groups is 1. The largest absolute Gasteiger partial charge is 0.466 e. The molecule has 0 aromatic carbocycles. The Kier molecular flexibility index (Phi) is 7.97. The average Bonchev–Trinajstić information content (AvgIpc) is 3.34. The van der Waals surface area contributed by atoms with Crippen molar-refractivity contribution in [3.05, 3.63) is 12.7 Å². The van der Waals surface area contributed by atoms with Gasteiger partial charge in [-0.2, -0.15) is 0 Å². The predicted octanol–water partition coefficient (Wildman–Crippen LogP) is 2.47. The molecular weight excluding hydrogens is 428 g/mol. The van der Waals surface area contributed by atoms with Gasteiger partial charge in [-0.1, -0.05) is 26.3 Å². The van der Waals surface area contributed by atoms with Gasteiger partial charge in [0.15, 0.2) is 0 Å². The predicted molar refractivity (Wildman–Crippen MR) is 125 cm³/mol. The summed E-state index contributed by atoms with van der Waals surface area (Å²) in [7, 11) is 0. The molecule has 3 heterocycles. The molecule has 0 radical (unpaired) electrons. The van der Waals surface area contributed by atoms with Crippen molar-refractivity contribution >= 4 is 29.5 Å². The quantitative estimate of drug-likeness (QED) is 0.372. The molecule has 3 saturated heterocycles. The molecule has 8 heteroatoms. The molecule has 7 atom stereocenters. The Labute approximate surface area is 195 Å². The van der Waals surface area contributed by atoms with E-state index >= 15 is 0 Å². The van der Waals surface area contributed by atoms with Crippen molar-refractivity contribution in [3.8, 4) is 0 Å². The van der Waals surface area contributed by atoms with Crippen molar-refractivity contribution in [2.75, 3.05) is 26.3 Å². The zero-order valence-electron chi connectivity index (χ0n) is 19.8. The Morgan fingerprint density at radius 1 is 1.44 bits per heavy atom. The van der Waals surface area contributed by atoms with Crippen LogP contribution in [0.4, 0.5) is 0 Å². The fourth-order valence-electron chi connectivity index (χ4n) is 6.14. The van der Waals surface area contributed by atoms with Crippen LogP contribution in [0.2, 0.25) is 0 Å². The van der Waals surface area contributed by atoms with Crippen LogP contribution in [0.3, 0.4) is 0 Å². The molecule has 180 valence electrons. The molecule has 2 bridgehead atoms. The highest BCUT2D eigenvalue weighted by atomic mass is 32.2. The van der Waals surface area contributed by atoms with E-state index in [9.17, 15) is 19.5 Å². The molecule has 2 amide bonds. The number of carbonyl (C=O) groups excluding carboxylic acids is 3. The third kappa shape index (κ3) is 3.87. The Balaban J connectivity index is 2.06. The number of fused-ring (bicyclic) bond motifs is 1. The topological polar surface area (TPSA) is 87.2 Å². The lowest BCUT2D eigenvalue weighted by atomic mass is 9.66. The zero-order valence-corrected chi connectivity index (χ0v) is 20.6. The second-order valence-electron chi connectivity index (χ2n) is 9.33. The summed E-state index contributed by atoms with van der Waals surface area (Å²) < 4.78 is 4.72. The summed E-state index contributed by atoms with van der Waals surface area (Å²) in [4.78, 5) is 44.3. The minimum Gasteiger partial charge on any atom is -0.466 e. The average molecular weight is 467 g/mol. The van der Waals surface area contributed by atoms with E-state index in [1.165, 1.54) is 0 Å². The summed E-state index contributed by atoms with van der Waals surface area (Å²) in [6.07, 6.45) is 4.74. The van der Waals surface area contributed by atoms with Crippen molar-refractivity contribution in [1.82, 2.24) is 9.80 Å². The third-order valence-corrected chi connectivity index (χ3v) is 9.52. The van der Waals surface area contributed by atoms with Gasteiger partial charge in [0.2, 0.25) is 11.8 Å². The summed E-state index contributed by atoms with van der Waals surface area (Å²) in [5.74, 6) is -1.48. The van der Waals surface area contributed by atoms with E-state index in [1.807, 2.05) is 11.8 Å². The van der Waals surface area contributed by atoms with Crippen LogP contribution in [0.15, 0.2) is 12.7 Å². The van der Waals surface area contributed by atoms with E-state index in [2.05, 4.69) is 20.4 Å². The Hall–Kier alpha value is -1.54. The molecule has 0 aromatic heterocycles. The SMILES string of the molecule is C=CCN(C(=O)C1N(CCCO)C(=O)[C@@H]2[C@@H](C(=O)OCC)[C@H]3CC(C)C12S3)C(C)CCC. The van der Waals surface area contributed by atoms with E-state index in [1.54, 1.807) is 29.7 Å². The maximum absolute atomic E-state index is 14.1. The summed E-state index contributed by atoms with van der Waals surface area (Å²) >= 11 is 1.66. The number of nitrogens with zero attached hydrogens (tertiary/aromatic N) is 2. The first-order valence-corrected chi connectivity index (χ1v) is 12.8. The number of ether oxygens (including phenoxy) is 1. The van der Waals surface area contributed by atoms with E-state index in [0.717, 1.165) is 19.3 Å².